The summed E-state index contributed by atoms with van der Waals surface area (Å²) < 4.78 is 10.3. The maximum atomic E-state index is 12.4. The number of aromatic nitrogens is 1. The van der Waals surface area contributed by atoms with E-state index in [1.165, 1.54) is 11.3 Å². The molecule has 0 saturated carbocycles. The average Bonchev–Trinajstić information content (AvgIpc) is 2.97. The van der Waals surface area contributed by atoms with Gasteiger partial charge in [0, 0.05) is 13.2 Å². The first-order valence-corrected chi connectivity index (χ1v) is 9.03. The minimum Gasteiger partial charge on any atom is -0.462 e. The quantitative estimate of drug-likeness (QED) is 0.751. The normalized spacial score (nSPS) is 18.0. The average molecular weight is 355 g/mol. The van der Waals surface area contributed by atoms with Gasteiger partial charge in [-0.1, -0.05) is 0 Å². The van der Waals surface area contributed by atoms with Crippen molar-refractivity contribution in [3.05, 3.63) is 15.6 Å². The van der Waals surface area contributed by atoms with E-state index in [4.69, 9.17) is 15.2 Å². The molecule has 1 saturated heterocycles. The summed E-state index contributed by atoms with van der Waals surface area (Å²) in [6.07, 6.45) is 1.60. The molecule has 1 aromatic heterocycles. The van der Waals surface area contributed by atoms with E-state index in [-0.39, 0.29) is 23.8 Å². The number of carbonyl (C=O) groups excluding carboxylic acids is 2. The largest absolute Gasteiger partial charge is 0.462 e. The molecule has 2 unspecified atom stereocenters. The van der Waals surface area contributed by atoms with Crippen molar-refractivity contribution in [1.82, 2.24) is 10.3 Å². The lowest BCUT2D eigenvalue weighted by molar-refractivity contribution is -0.125. The molecule has 1 aliphatic heterocycles. The highest BCUT2D eigenvalue weighted by atomic mass is 32.1. The Morgan fingerprint density at radius 1 is 1.46 bits per heavy atom. The van der Waals surface area contributed by atoms with Crippen molar-refractivity contribution in [3.8, 4) is 0 Å². The number of nitrogens with zero attached hydrogens (tertiary/aromatic N) is 1. The number of carbonyl (C=O) groups is 2. The smallest absolute Gasteiger partial charge is 0.350 e. The van der Waals surface area contributed by atoms with Gasteiger partial charge in [0.2, 0.25) is 5.91 Å². The van der Waals surface area contributed by atoms with Gasteiger partial charge in [0.15, 0.2) is 0 Å². The molecule has 0 aliphatic carbocycles. The molecule has 8 heteroatoms. The van der Waals surface area contributed by atoms with Crippen molar-refractivity contribution in [2.75, 3.05) is 19.8 Å². The number of thiazole rings is 1. The van der Waals surface area contributed by atoms with Crippen LogP contribution in [-0.2, 0) is 14.3 Å². The molecule has 0 spiro atoms. The summed E-state index contributed by atoms with van der Waals surface area (Å²) in [6, 6.07) is -0.864. The van der Waals surface area contributed by atoms with Gasteiger partial charge in [-0.2, -0.15) is 0 Å². The van der Waals surface area contributed by atoms with Gasteiger partial charge in [-0.15, -0.1) is 11.3 Å². The highest BCUT2D eigenvalue weighted by Crippen LogP contribution is 2.25. The fourth-order valence-electron chi connectivity index (χ4n) is 2.65. The molecule has 1 aromatic rings. The lowest BCUT2D eigenvalue weighted by Gasteiger charge is -2.27. The second-order valence-corrected chi connectivity index (χ2v) is 6.92. The van der Waals surface area contributed by atoms with Gasteiger partial charge in [-0.05, 0) is 39.5 Å². The minimum atomic E-state index is -0.554. The second-order valence-electron chi connectivity index (χ2n) is 5.89. The summed E-state index contributed by atoms with van der Waals surface area (Å²) in [6.45, 7) is 6.97. The lowest BCUT2D eigenvalue weighted by Crippen LogP contribution is -2.47. The molecular weight excluding hydrogens is 330 g/mol. The van der Waals surface area contributed by atoms with Crippen molar-refractivity contribution in [1.29, 1.82) is 0 Å². The number of amides is 1. The van der Waals surface area contributed by atoms with E-state index in [0.717, 1.165) is 12.8 Å². The number of rotatable bonds is 6. The zero-order valence-electron chi connectivity index (χ0n) is 14.3. The number of nitrogens with two attached hydrogens (primary N) is 1. The third-order valence-electron chi connectivity index (χ3n) is 4.08. The fraction of sp³-hybridized carbons (Fsp3) is 0.688. The SMILES string of the molecule is CCOC(=O)c1sc(C(C)NC(=O)C(N)C2CCOCC2)nc1C. The predicted octanol–water partition coefficient (Wildman–Crippen LogP) is 1.56. The van der Waals surface area contributed by atoms with Gasteiger partial charge in [0.1, 0.15) is 9.88 Å². The van der Waals surface area contributed by atoms with Crippen LogP contribution in [0.25, 0.3) is 0 Å². The Morgan fingerprint density at radius 2 is 2.12 bits per heavy atom. The third-order valence-corrected chi connectivity index (χ3v) is 5.40. The molecular formula is C16H25N3O4S. The summed E-state index contributed by atoms with van der Waals surface area (Å²) in [4.78, 5) is 29.1. The van der Waals surface area contributed by atoms with Gasteiger partial charge >= 0.3 is 5.97 Å². The monoisotopic (exact) mass is 355 g/mol. The molecule has 0 radical (unpaired) electrons. The number of esters is 1. The molecule has 134 valence electrons. The van der Waals surface area contributed by atoms with Crippen LogP contribution < -0.4 is 11.1 Å². The van der Waals surface area contributed by atoms with Crippen LogP contribution in [0.5, 0.6) is 0 Å². The van der Waals surface area contributed by atoms with Crippen LogP contribution in [0, 0.1) is 12.8 Å². The van der Waals surface area contributed by atoms with Crippen molar-refractivity contribution in [2.24, 2.45) is 11.7 Å². The third kappa shape index (κ3) is 4.52. The van der Waals surface area contributed by atoms with Crippen molar-refractivity contribution >= 4 is 23.2 Å². The zero-order chi connectivity index (χ0) is 17.7. The molecule has 2 rings (SSSR count). The molecule has 1 amide bonds. The summed E-state index contributed by atoms with van der Waals surface area (Å²) in [5.74, 6) is -0.435. The van der Waals surface area contributed by atoms with E-state index in [2.05, 4.69) is 10.3 Å². The summed E-state index contributed by atoms with van der Waals surface area (Å²) in [5, 5.41) is 3.57. The van der Waals surface area contributed by atoms with E-state index in [9.17, 15) is 9.59 Å². The van der Waals surface area contributed by atoms with E-state index in [1.807, 2.05) is 6.92 Å². The number of hydrogen-bond donors (Lipinski definition) is 2. The molecule has 7 nitrogen and oxygen atoms in total. The van der Waals surface area contributed by atoms with Crippen LogP contribution in [0.2, 0.25) is 0 Å². The molecule has 3 N–H and O–H groups in total. The molecule has 0 aromatic carbocycles. The first kappa shape index (κ1) is 18.8. The number of nitrogens with one attached hydrogen (secondary N) is 1. The Bertz CT molecular complexity index is 584. The summed E-state index contributed by atoms with van der Waals surface area (Å²) >= 11 is 1.24. The molecule has 1 fully saturated rings. The highest BCUT2D eigenvalue weighted by Gasteiger charge is 2.28. The highest BCUT2D eigenvalue weighted by molar-refractivity contribution is 7.13. The lowest BCUT2D eigenvalue weighted by atomic mass is 9.92. The number of hydrogen-bond acceptors (Lipinski definition) is 7. The number of ether oxygens (including phenoxy) is 2. The van der Waals surface area contributed by atoms with Gasteiger partial charge in [0.25, 0.3) is 0 Å². The van der Waals surface area contributed by atoms with E-state index < -0.39 is 6.04 Å². The number of aryl methyl sites for hydroxylation is 1. The standard InChI is InChI=1S/C16H25N3O4S/c1-4-23-16(21)13-9(2)19-15(24-13)10(3)18-14(20)12(17)11-5-7-22-8-6-11/h10-12H,4-8,17H2,1-3H3,(H,18,20). The van der Waals surface area contributed by atoms with E-state index in [0.29, 0.717) is 35.4 Å². The van der Waals surface area contributed by atoms with Crippen LogP contribution in [-0.4, -0.2) is 42.7 Å². The van der Waals surface area contributed by atoms with Crippen molar-refractivity contribution in [2.45, 2.75) is 45.7 Å². The molecule has 0 bridgehead atoms. The predicted molar refractivity (Wildman–Crippen MR) is 90.9 cm³/mol. The fourth-order valence-corrected chi connectivity index (χ4v) is 3.61. The Kier molecular flexibility index (Phi) is 6.70. The second kappa shape index (κ2) is 8.55. The van der Waals surface area contributed by atoms with Crippen LogP contribution >= 0.6 is 11.3 Å². The molecule has 1 aliphatic rings. The maximum absolute atomic E-state index is 12.4. The zero-order valence-corrected chi connectivity index (χ0v) is 15.1. The van der Waals surface area contributed by atoms with Crippen LogP contribution in [0.1, 0.15) is 53.1 Å². The van der Waals surface area contributed by atoms with E-state index in [1.54, 1.807) is 13.8 Å². The van der Waals surface area contributed by atoms with Crippen LogP contribution in [0.3, 0.4) is 0 Å². The Hall–Kier alpha value is -1.51. The van der Waals surface area contributed by atoms with Gasteiger partial charge in [-0.3, -0.25) is 4.79 Å². The minimum absolute atomic E-state index is 0.138. The van der Waals surface area contributed by atoms with Gasteiger partial charge < -0.3 is 20.5 Å². The summed E-state index contributed by atoms with van der Waals surface area (Å²) in [7, 11) is 0. The molecule has 2 atom stereocenters. The molecule has 2 heterocycles. The maximum Gasteiger partial charge on any atom is 0.350 e. The Balaban J connectivity index is 1.98. The first-order chi connectivity index (χ1) is 11.4. The topological polar surface area (TPSA) is 104 Å². The van der Waals surface area contributed by atoms with Crippen LogP contribution in [0.15, 0.2) is 0 Å². The molecule has 24 heavy (non-hydrogen) atoms. The first-order valence-electron chi connectivity index (χ1n) is 8.22. The Labute approximate surface area is 145 Å². The van der Waals surface area contributed by atoms with Crippen molar-refractivity contribution < 1.29 is 19.1 Å². The van der Waals surface area contributed by atoms with Gasteiger partial charge in [0.05, 0.1) is 24.4 Å². The van der Waals surface area contributed by atoms with Crippen molar-refractivity contribution in [3.63, 3.8) is 0 Å². The van der Waals surface area contributed by atoms with Crippen LogP contribution in [0.4, 0.5) is 0 Å². The van der Waals surface area contributed by atoms with Gasteiger partial charge in [-0.25, -0.2) is 9.78 Å². The van der Waals surface area contributed by atoms with E-state index >= 15 is 0 Å². The Morgan fingerprint density at radius 3 is 2.75 bits per heavy atom. The summed E-state index contributed by atoms with van der Waals surface area (Å²) in [5.41, 5.74) is 6.70.